The predicted octanol–water partition coefficient (Wildman–Crippen LogP) is 1.49. The number of amides is 1. The highest BCUT2D eigenvalue weighted by molar-refractivity contribution is 9.10. The van der Waals surface area contributed by atoms with Gasteiger partial charge in [-0.15, -0.1) is 0 Å². The first kappa shape index (κ1) is 14.5. The van der Waals surface area contributed by atoms with E-state index in [1.54, 1.807) is 0 Å². The van der Waals surface area contributed by atoms with Crippen molar-refractivity contribution in [3.63, 3.8) is 0 Å². The van der Waals surface area contributed by atoms with Gasteiger partial charge in [0.25, 0.3) is 0 Å². The second kappa shape index (κ2) is 7.03. The largest absolute Gasteiger partial charge is 0.351 e. The summed E-state index contributed by atoms with van der Waals surface area (Å²) in [5.74, 6) is 0.0791. The second-order valence-corrected chi connectivity index (χ2v) is 5.94. The van der Waals surface area contributed by atoms with E-state index in [1.807, 2.05) is 24.3 Å². The van der Waals surface area contributed by atoms with Crippen molar-refractivity contribution in [1.29, 1.82) is 0 Å². The molecule has 2 rings (SSSR count). The molecule has 1 saturated heterocycles. The number of likely N-dealkylation sites (tertiary alicyclic amines) is 1. The van der Waals surface area contributed by atoms with E-state index in [4.69, 9.17) is 5.73 Å². The maximum absolute atomic E-state index is 11.9. The van der Waals surface area contributed by atoms with Gasteiger partial charge in [0, 0.05) is 30.1 Å². The number of hydrogen-bond acceptors (Lipinski definition) is 3. The molecular formula is C14H20BrN3O. The normalized spacial score (nSPS) is 17.4. The quantitative estimate of drug-likeness (QED) is 0.881. The third-order valence-corrected chi connectivity index (χ3v) is 3.87. The minimum Gasteiger partial charge on any atom is -0.351 e. The lowest BCUT2D eigenvalue weighted by Crippen LogP contribution is -2.44. The van der Waals surface area contributed by atoms with Crippen LogP contribution in [0.4, 0.5) is 0 Å². The highest BCUT2D eigenvalue weighted by atomic mass is 79.9. The molecule has 0 aliphatic carbocycles. The summed E-state index contributed by atoms with van der Waals surface area (Å²) < 4.78 is 1.03. The molecule has 0 radical (unpaired) electrons. The fourth-order valence-electron chi connectivity index (χ4n) is 2.22. The Morgan fingerprint density at radius 1 is 1.42 bits per heavy atom. The number of hydrogen-bond donors (Lipinski definition) is 2. The first-order valence-corrected chi connectivity index (χ1v) is 7.42. The fourth-order valence-corrected chi connectivity index (χ4v) is 2.66. The molecule has 1 aromatic rings. The molecule has 0 bridgehead atoms. The maximum atomic E-state index is 11.9. The number of nitrogens with zero attached hydrogens (tertiary/aromatic N) is 1. The van der Waals surface area contributed by atoms with E-state index in [9.17, 15) is 4.79 Å². The molecule has 0 saturated carbocycles. The zero-order chi connectivity index (χ0) is 13.7. The zero-order valence-electron chi connectivity index (χ0n) is 10.9. The number of piperidine rings is 1. The van der Waals surface area contributed by atoms with Gasteiger partial charge in [0.1, 0.15) is 0 Å². The summed E-state index contributed by atoms with van der Waals surface area (Å²) in [5.41, 5.74) is 6.95. The first-order valence-electron chi connectivity index (χ1n) is 6.62. The van der Waals surface area contributed by atoms with Crippen molar-refractivity contribution < 1.29 is 4.79 Å². The van der Waals surface area contributed by atoms with Crippen molar-refractivity contribution in [1.82, 2.24) is 10.2 Å². The van der Waals surface area contributed by atoms with Crippen molar-refractivity contribution >= 4 is 21.8 Å². The van der Waals surface area contributed by atoms with Crippen LogP contribution >= 0.6 is 15.9 Å². The van der Waals surface area contributed by atoms with Gasteiger partial charge in [-0.2, -0.15) is 0 Å². The van der Waals surface area contributed by atoms with Gasteiger partial charge in [0.05, 0.1) is 6.54 Å². The Balaban J connectivity index is 1.73. The van der Waals surface area contributed by atoms with Gasteiger partial charge in [-0.3, -0.25) is 9.69 Å². The van der Waals surface area contributed by atoms with E-state index in [0.717, 1.165) is 36.0 Å². The Labute approximate surface area is 122 Å². The van der Waals surface area contributed by atoms with Crippen LogP contribution in [0.1, 0.15) is 18.4 Å². The molecule has 104 valence electrons. The molecule has 1 amide bonds. The lowest BCUT2D eigenvalue weighted by Gasteiger charge is -2.29. The molecule has 1 aliphatic rings. The van der Waals surface area contributed by atoms with Crippen LogP contribution in [0, 0.1) is 0 Å². The van der Waals surface area contributed by atoms with E-state index >= 15 is 0 Å². The predicted molar refractivity (Wildman–Crippen MR) is 79.6 cm³/mol. The molecule has 1 fully saturated rings. The van der Waals surface area contributed by atoms with Crippen molar-refractivity contribution in [3.05, 3.63) is 34.3 Å². The molecular weight excluding hydrogens is 306 g/mol. The Kier molecular flexibility index (Phi) is 5.36. The van der Waals surface area contributed by atoms with Gasteiger partial charge in [-0.25, -0.2) is 0 Å². The van der Waals surface area contributed by atoms with Gasteiger partial charge < -0.3 is 11.1 Å². The number of nitrogens with one attached hydrogen (secondary N) is 1. The summed E-state index contributed by atoms with van der Waals surface area (Å²) in [7, 11) is 0. The summed E-state index contributed by atoms with van der Waals surface area (Å²) in [6.45, 7) is 2.89. The topological polar surface area (TPSA) is 58.4 Å². The third-order valence-electron chi connectivity index (χ3n) is 3.38. The third kappa shape index (κ3) is 4.93. The molecule has 19 heavy (non-hydrogen) atoms. The maximum Gasteiger partial charge on any atom is 0.234 e. The number of carbonyl (C=O) groups is 1. The van der Waals surface area contributed by atoms with Crippen LogP contribution in [0.5, 0.6) is 0 Å². The molecule has 1 aromatic carbocycles. The number of carbonyl (C=O) groups excluding carboxylic acids is 1. The average Bonchev–Trinajstić information content (AvgIpc) is 2.39. The van der Waals surface area contributed by atoms with E-state index < -0.39 is 0 Å². The summed E-state index contributed by atoms with van der Waals surface area (Å²) >= 11 is 3.42. The van der Waals surface area contributed by atoms with E-state index in [1.165, 1.54) is 0 Å². The molecule has 1 heterocycles. The molecule has 0 unspecified atom stereocenters. The van der Waals surface area contributed by atoms with Crippen LogP contribution in [0.2, 0.25) is 0 Å². The number of nitrogens with two attached hydrogens (primary N) is 1. The highest BCUT2D eigenvalue weighted by Gasteiger charge is 2.17. The van der Waals surface area contributed by atoms with Gasteiger partial charge in [0.15, 0.2) is 0 Å². The van der Waals surface area contributed by atoms with Crippen LogP contribution in [0.3, 0.4) is 0 Å². The summed E-state index contributed by atoms with van der Waals surface area (Å²) in [6.07, 6.45) is 1.97. The van der Waals surface area contributed by atoms with Crippen LogP contribution in [0.25, 0.3) is 0 Å². The van der Waals surface area contributed by atoms with Crippen molar-refractivity contribution in [2.45, 2.75) is 25.4 Å². The lowest BCUT2D eigenvalue weighted by molar-refractivity contribution is -0.122. The van der Waals surface area contributed by atoms with Crippen LogP contribution < -0.4 is 11.1 Å². The van der Waals surface area contributed by atoms with Crippen LogP contribution in [-0.2, 0) is 11.3 Å². The van der Waals surface area contributed by atoms with Gasteiger partial charge in [-0.1, -0.05) is 28.1 Å². The Morgan fingerprint density at radius 2 is 2.16 bits per heavy atom. The molecule has 4 nitrogen and oxygen atoms in total. The Hall–Kier alpha value is -0.910. The van der Waals surface area contributed by atoms with Gasteiger partial charge in [0.2, 0.25) is 5.91 Å². The fraction of sp³-hybridized carbons (Fsp3) is 0.500. The van der Waals surface area contributed by atoms with Gasteiger partial charge >= 0.3 is 0 Å². The van der Waals surface area contributed by atoms with Crippen LogP contribution in [0.15, 0.2) is 28.7 Å². The molecule has 0 spiro atoms. The molecule has 3 N–H and O–H groups in total. The molecule has 0 atom stereocenters. The lowest BCUT2D eigenvalue weighted by atomic mass is 10.1. The van der Waals surface area contributed by atoms with E-state index in [2.05, 4.69) is 26.1 Å². The number of benzene rings is 1. The van der Waals surface area contributed by atoms with E-state index in [0.29, 0.717) is 19.1 Å². The Bertz CT molecular complexity index is 430. The summed E-state index contributed by atoms with van der Waals surface area (Å²) in [5, 5.41) is 2.95. The number of halogens is 1. The van der Waals surface area contributed by atoms with Crippen molar-refractivity contribution in [2.24, 2.45) is 5.73 Å². The second-order valence-electron chi connectivity index (χ2n) is 5.02. The molecule has 5 heteroatoms. The first-order chi connectivity index (χ1) is 9.13. The monoisotopic (exact) mass is 325 g/mol. The van der Waals surface area contributed by atoms with Crippen molar-refractivity contribution in [3.8, 4) is 0 Å². The molecule has 1 aliphatic heterocycles. The average molecular weight is 326 g/mol. The highest BCUT2D eigenvalue weighted by Crippen LogP contribution is 2.11. The van der Waals surface area contributed by atoms with E-state index in [-0.39, 0.29) is 5.91 Å². The molecule has 0 aromatic heterocycles. The SMILES string of the molecule is NC1CCN(CC(=O)NCc2cccc(Br)c2)CC1. The minimum atomic E-state index is 0.0791. The van der Waals surface area contributed by atoms with Gasteiger partial charge in [-0.05, 0) is 30.5 Å². The summed E-state index contributed by atoms with van der Waals surface area (Å²) in [6, 6.07) is 8.27. The zero-order valence-corrected chi connectivity index (χ0v) is 12.5. The Morgan fingerprint density at radius 3 is 2.84 bits per heavy atom. The standard InChI is InChI=1S/C14H20BrN3O/c15-12-3-1-2-11(8-12)9-17-14(19)10-18-6-4-13(16)5-7-18/h1-3,8,13H,4-7,9-10,16H2,(H,17,19). The smallest absolute Gasteiger partial charge is 0.234 e. The summed E-state index contributed by atoms with van der Waals surface area (Å²) in [4.78, 5) is 14.0. The van der Waals surface area contributed by atoms with Crippen LogP contribution in [-0.4, -0.2) is 36.5 Å². The van der Waals surface area contributed by atoms with Crippen molar-refractivity contribution in [2.75, 3.05) is 19.6 Å². The number of rotatable bonds is 4. The minimum absolute atomic E-state index is 0.0791.